The summed E-state index contributed by atoms with van der Waals surface area (Å²) in [6.07, 6.45) is 2.30. The smallest absolute Gasteiger partial charge is 0.216 e. The molecule has 0 aliphatic heterocycles. The first-order chi connectivity index (χ1) is 5.48. The van der Waals surface area contributed by atoms with Gasteiger partial charge >= 0.3 is 0 Å². The van der Waals surface area contributed by atoms with Crippen LogP contribution < -0.4 is 5.32 Å². The second-order valence-corrected chi connectivity index (χ2v) is 4.66. The minimum atomic E-state index is 0.0573. The molecule has 0 aliphatic carbocycles. The molecular weight excluding hydrogens is 218 g/mol. The van der Waals surface area contributed by atoms with E-state index in [1.807, 2.05) is 0 Å². The lowest BCUT2D eigenvalue weighted by Gasteiger charge is -2.24. The van der Waals surface area contributed by atoms with Crippen molar-refractivity contribution in [2.24, 2.45) is 5.41 Å². The van der Waals surface area contributed by atoms with E-state index in [4.69, 9.17) is 0 Å². The minimum Gasteiger partial charge on any atom is -0.356 e. The molecule has 0 aromatic heterocycles. The molecule has 12 heavy (non-hydrogen) atoms. The molecule has 2 nitrogen and oxygen atoms in total. The molecule has 3 heteroatoms. The zero-order valence-corrected chi connectivity index (χ0v) is 9.70. The molecule has 0 fully saturated rings. The summed E-state index contributed by atoms with van der Waals surface area (Å²) in [6.45, 7) is 6.67. The molecule has 72 valence electrons. The molecule has 0 atom stereocenters. The molecule has 0 saturated heterocycles. The van der Waals surface area contributed by atoms with E-state index in [0.717, 1.165) is 24.7 Å². The van der Waals surface area contributed by atoms with Crippen LogP contribution in [0.25, 0.3) is 0 Å². The lowest BCUT2D eigenvalue weighted by molar-refractivity contribution is -0.119. The average molecular weight is 236 g/mol. The zero-order chi connectivity index (χ0) is 9.61. The zero-order valence-electron chi connectivity index (χ0n) is 8.11. The van der Waals surface area contributed by atoms with Gasteiger partial charge in [0.25, 0.3) is 0 Å². The molecule has 0 rings (SSSR count). The Balaban J connectivity index is 3.63. The first-order valence-electron chi connectivity index (χ1n) is 4.28. The Kier molecular flexibility index (Phi) is 5.55. The van der Waals surface area contributed by atoms with Gasteiger partial charge in [-0.15, -0.1) is 0 Å². The quantitative estimate of drug-likeness (QED) is 0.729. The van der Waals surface area contributed by atoms with Crippen LogP contribution >= 0.6 is 15.9 Å². The second kappa shape index (κ2) is 5.57. The van der Waals surface area contributed by atoms with E-state index in [0.29, 0.717) is 0 Å². The molecule has 0 aromatic carbocycles. The Morgan fingerprint density at radius 1 is 1.50 bits per heavy atom. The highest BCUT2D eigenvalue weighted by molar-refractivity contribution is 9.09. The largest absolute Gasteiger partial charge is 0.356 e. The molecular formula is C9H18BrNO. The van der Waals surface area contributed by atoms with Crippen LogP contribution in [0.4, 0.5) is 0 Å². The van der Waals surface area contributed by atoms with Crippen molar-refractivity contribution in [2.75, 3.05) is 11.9 Å². The Bertz CT molecular complexity index is 145. The summed E-state index contributed by atoms with van der Waals surface area (Å²) in [5.74, 6) is 0.0573. The van der Waals surface area contributed by atoms with E-state index < -0.39 is 0 Å². The van der Waals surface area contributed by atoms with Gasteiger partial charge in [0, 0.05) is 18.8 Å². The van der Waals surface area contributed by atoms with E-state index in [1.165, 1.54) is 0 Å². The second-order valence-electron chi connectivity index (χ2n) is 3.87. The van der Waals surface area contributed by atoms with Crippen LogP contribution in [-0.4, -0.2) is 17.8 Å². The number of halogens is 1. The van der Waals surface area contributed by atoms with Crippen molar-refractivity contribution >= 4 is 21.8 Å². The molecule has 0 spiro atoms. The molecule has 0 saturated carbocycles. The predicted octanol–water partition coefficient (Wildman–Crippen LogP) is 2.32. The van der Waals surface area contributed by atoms with Crippen molar-refractivity contribution in [1.82, 2.24) is 5.32 Å². The van der Waals surface area contributed by atoms with Crippen LogP contribution in [0.2, 0.25) is 0 Å². The van der Waals surface area contributed by atoms with Crippen molar-refractivity contribution in [1.29, 1.82) is 0 Å². The van der Waals surface area contributed by atoms with Gasteiger partial charge in [0.15, 0.2) is 0 Å². The van der Waals surface area contributed by atoms with E-state index in [2.05, 4.69) is 35.1 Å². The van der Waals surface area contributed by atoms with E-state index >= 15 is 0 Å². The SMILES string of the molecule is CC(=O)NCC(C)(C)CCCBr. The maximum atomic E-state index is 10.6. The number of nitrogens with one attached hydrogen (secondary N) is 1. The third kappa shape index (κ3) is 6.65. The minimum absolute atomic E-state index is 0.0573. The normalized spacial score (nSPS) is 11.3. The number of rotatable bonds is 5. The number of alkyl halides is 1. The predicted molar refractivity (Wildman–Crippen MR) is 55.5 cm³/mol. The van der Waals surface area contributed by atoms with Crippen molar-refractivity contribution < 1.29 is 4.79 Å². The fourth-order valence-corrected chi connectivity index (χ4v) is 1.28. The highest BCUT2D eigenvalue weighted by Crippen LogP contribution is 2.21. The van der Waals surface area contributed by atoms with Crippen molar-refractivity contribution in [2.45, 2.75) is 33.6 Å². The van der Waals surface area contributed by atoms with Gasteiger partial charge in [0.2, 0.25) is 5.91 Å². The summed E-state index contributed by atoms with van der Waals surface area (Å²) >= 11 is 3.39. The van der Waals surface area contributed by atoms with E-state index in [9.17, 15) is 4.79 Å². The Hall–Kier alpha value is -0.0500. The maximum absolute atomic E-state index is 10.6. The summed E-state index contributed by atoms with van der Waals surface area (Å²) in [5.41, 5.74) is 0.222. The number of carbonyl (C=O) groups excluding carboxylic acids is 1. The maximum Gasteiger partial charge on any atom is 0.216 e. The van der Waals surface area contributed by atoms with Gasteiger partial charge in [-0.2, -0.15) is 0 Å². The number of hydrogen-bond donors (Lipinski definition) is 1. The third-order valence-electron chi connectivity index (χ3n) is 1.80. The molecule has 1 N–H and O–H groups in total. The Morgan fingerprint density at radius 3 is 2.50 bits per heavy atom. The molecule has 0 bridgehead atoms. The summed E-state index contributed by atoms with van der Waals surface area (Å²) < 4.78 is 0. The van der Waals surface area contributed by atoms with Crippen LogP contribution in [0.15, 0.2) is 0 Å². The van der Waals surface area contributed by atoms with Crippen LogP contribution in [0.5, 0.6) is 0 Å². The average Bonchev–Trinajstić information content (AvgIpc) is 1.98. The highest BCUT2D eigenvalue weighted by Gasteiger charge is 2.16. The number of carbonyl (C=O) groups is 1. The van der Waals surface area contributed by atoms with Crippen LogP contribution in [-0.2, 0) is 4.79 Å². The van der Waals surface area contributed by atoms with Gasteiger partial charge in [-0.3, -0.25) is 4.79 Å². The molecule has 0 radical (unpaired) electrons. The fraction of sp³-hybridized carbons (Fsp3) is 0.889. The van der Waals surface area contributed by atoms with Gasteiger partial charge in [-0.05, 0) is 18.3 Å². The summed E-state index contributed by atoms with van der Waals surface area (Å²) in [7, 11) is 0. The fourth-order valence-electron chi connectivity index (χ4n) is 0.998. The Labute approximate surface area is 83.2 Å². The van der Waals surface area contributed by atoms with Gasteiger partial charge in [0.1, 0.15) is 0 Å². The summed E-state index contributed by atoms with van der Waals surface area (Å²) in [4.78, 5) is 10.6. The summed E-state index contributed by atoms with van der Waals surface area (Å²) in [6, 6.07) is 0. The van der Waals surface area contributed by atoms with Gasteiger partial charge < -0.3 is 5.32 Å². The Morgan fingerprint density at radius 2 is 2.08 bits per heavy atom. The molecule has 1 amide bonds. The van der Waals surface area contributed by atoms with Crippen molar-refractivity contribution in [3.8, 4) is 0 Å². The van der Waals surface area contributed by atoms with Gasteiger partial charge in [0.05, 0.1) is 0 Å². The van der Waals surface area contributed by atoms with E-state index in [1.54, 1.807) is 6.92 Å². The van der Waals surface area contributed by atoms with Gasteiger partial charge in [-0.1, -0.05) is 29.8 Å². The molecule has 0 aromatic rings. The van der Waals surface area contributed by atoms with Crippen LogP contribution in [0, 0.1) is 5.41 Å². The lowest BCUT2D eigenvalue weighted by atomic mass is 9.88. The first kappa shape index (κ1) is 11.9. The lowest BCUT2D eigenvalue weighted by Crippen LogP contribution is -2.32. The van der Waals surface area contributed by atoms with Crippen LogP contribution in [0.3, 0.4) is 0 Å². The topological polar surface area (TPSA) is 29.1 Å². The number of hydrogen-bond acceptors (Lipinski definition) is 1. The summed E-state index contributed by atoms with van der Waals surface area (Å²) in [5, 5.41) is 3.88. The highest BCUT2D eigenvalue weighted by atomic mass is 79.9. The van der Waals surface area contributed by atoms with Crippen molar-refractivity contribution in [3.05, 3.63) is 0 Å². The molecule has 0 heterocycles. The number of amides is 1. The monoisotopic (exact) mass is 235 g/mol. The van der Waals surface area contributed by atoms with E-state index in [-0.39, 0.29) is 11.3 Å². The molecule has 0 unspecified atom stereocenters. The third-order valence-corrected chi connectivity index (χ3v) is 2.36. The first-order valence-corrected chi connectivity index (χ1v) is 5.40. The van der Waals surface area contributed by atoms with Crippen molar-refractivity contribution in [3.63, 3.8) is 0 Å². The van der Waals surface area contributed by atoms with Gasteiger partial charge in [-0.25, -0.2) is 0 Å². The standard InChI is InChI=1S/C9H18BrNO/c1-8(12)11-7-9(2,3)5-4-6-10/h4-7H2,1-3H3,(H,11,12). The molecule has 0 aliphatic rings. The van der Waals surface area contributed by atoms with Crippen LogP contribution in [0.1, 0.15) is 33.6 Å².